The van der Waals surface area contributed by atoms with Crippen molar-refractivity contribution in [2.45, 2.75) is 37.1 Å². The highest BCUT2D eigenvalue weighted by Crippen LogP contribution is 2.32. The molecule has 132 valence electrons. The predicted molar refractivity (Wildman–Crippen MR) is 98.0 cm³/mol. The first-order valence-electron chi connectivity index (χ1n) is 7.56. The SMILES string of the molecule is CCCN(C1CCNCC1)S(=O)(=O)c1cc(Br)ccc1OC.Cl. The summed E-state index contributed by atoms with van der Waals surface area (Å²) in [7, 11) is -2.08. The molecule has 1 fully saturated rings. The van der Waals surface area contributed by atoms with Crippen LogP contribution in [0.2, 0.25) is 0 Å². The molecule has 1 N–H and O–H groups in total. The zero-order valence-electron chi connectivity index (χ0n) is 13.4. The van der Waals surface area contributed by atoms with Crippen molar-refractivity contribution in [2.75, 3.05) is 26.7 Å². The van der Waals surface area contributed by atoms with Gasteiger partial charge in [0.15, 0.2) is 0 Å². The lowest BCUT2D eigenvalue weighted by molar-refractivity contribution is 0.261. The number of sulfonamides is 1. The Morgan fingerprint density at radius 1 is 1.35 bits per heavy atom. The number of benzene rings is 1. The quantitative estimate of drug-likeness (QED) is 0.758. The molecule has 0 aromatic heterocycles. The highest BCUT2D eigenvalue weighted by atomic mass is 79.9. The summed E-state index contributed by atoms with van der Waals surface area (Å²) in [6.45, 7) is 4.25. The van der Waals surface area contributed by atoms with Gasteiger partial charge in [-0.1, -0.05) is 22.9 Å². The van der Waals surface area contributed by atoms with Crippen LogP contribution in [-0.4, -0.2) is 45.5 Å². The number of methoxy groups -OCH3 is 1. The third-order valence-electron chi connectivity index (χ3n) is 3.87. The molecule has 5 nitrogen and oxygen atoms in total. The minimum absolute atomic E-state index is 0. The second kappa shape index (κ2) is 9.22. The molecule has 0 unspecified atom stereocenters. The number of nitrogens with zero attached hydrogens (tertiary/aromatic N) is 1. The molecule has 0 aliphatic carbocycles. The Hall–Kier alpha value is -0.340. The van der Waals surface area contributed by atoms with Gasteiger partial charge in [-0.15, -0.1) is 12.4 Å². The van der Waals surface area contributed by atoms with Crippen molar-refractivity contribution in [3.63, 3.8) is 0 Å². The van der Waals surface area contributed by atoms with Crippen molar-refractivity contribution in [2.24, 2.45) is 0 Å². The van der Waals surface area contributed by atoms with Crippen LogP contribution in [0, 0.1) is 0 Å². The smallest absolute Gasteiger partial charge is 0.247 e. The molecule has 23 heavy (non-hydrogen) atoms. The van der Waals surface area contributed by atoms with Crippen molar-refractivity contribution in [3.8, 4) is 5.75 Å². The Morgan fingerprint density at radius 2 is 2.00 bits per heavy atom. The molecule has 1 aromatic rings. The molecule has 1 aliphatic heterocycles. The molecule has 2 rings (SSSR count). The Labute approximate surface area is 153 Å². The summed E-state index contributed by atoms with van der Waals surface area (Å²) in [6.07, 6.45) is 2.48. The van der Waals surface area contributed by atoms with Gasteiger partial charge >= 0.3 is 0 Å². The van der Waals surface area contributed by atoms with Gasteiger partial charge in [0.25, 0.3) is 0 Å². The molecule has 0 saturated carbocycles. The van der Waals surface area contributed by atoms with E-state index < -0.39 is 10.0 Å². The number of ether oxygens (including phenoxy) is 1. The Balaban J connectivity index is 0.00000264. The average Bonchev–Trinajstić information content (AvgIpc) is 2.53. The number of halogens is 2. The molecule has 0 amide bonds. The number of hydrogen-bond donors (Lipinski definition) is 1. The van der Waals surface area contributed by atoms with Gasteiger partial charge in [0.1, 0.15) is 10.6 Å². The zero-order chi connectivity index (χ0) is 16.2. The summed E-state index contributed by atoms with van der Waals surface area (Å²) in [6, 6.07) is 5.14. The molecular formula is C15H24BrClN2O3S. The van der Waals surface area contributed by atoms with Gasteiger partial charge in [-0.25, -0.2) is 8.42 Å². The van der Waals surface area contributed by atoms with Crippen LogP contribution in [0.5, 0.6) is 5.75 Å². The molecule has 0 atom stereocenters. The van der Waals surface area contributed by atoms with Crippen LogP contribution in [0.1, 0.15) is 26.2 Å². The van der Waals surface area contributed by atoms with E-state index in [1.54, 1.807) is 22.5 Å². The monoisotopic (exact) mass is 426 g/mol. The van der Waals surface area contributed by atoms with Gasteiger partial charge in [-0.3, -0.25) is 0 Å². The van der Waals surface area contributed by atoms with Crippen LogP contribution >= 0.6 is 28.3 Å². The van der Waals surface area contributed by atoms with E-state index in [4.69, 9.17) is 4.74 Å². The van der Waals surface area contributed by atoms with Crippen LogP contribution in [-0.2, 0) is 10.0 Å². The second-order valence-electron chi connectivity index (χ2n) is 5.39. The normalized spacial score (nSPS) is 16.2. The lowest BCUT2D eigenvalue weighted by Crippen LogP contribution is -2.46. The Morgan fingerprint density at radius 3 is 2.57 bits per heavy atom. The van der Waals surface area contributed by atoms with E-state index in [1.807, 2.05) is 6.92 Å². The standard InChI is InChI=1S/C15H23BrN2O3S.ClH/c1-3-10-18(13-6-8-17-9-7-13)22(19,20)15-11-12(16)4-5-14(15)21-2;/h4-5,11,13,17H,3,6-10H2,1-2H3;1H. The van der Waals surface area contributed by atoms with Crippen LogP contribution in [0.3, 0.4) is 0 Å². The first kappa shape index (κ1) is 20.7. The number of hydrogen-bond acceptors (Lipinski definition) is 4. The minimum Gasteiger partial charge on any atom is -0.495 e. The van der Waals surface area contributed by atoms with Crippen LogP contribution < -0.4 is 10.1 Å². The lowest BCUT2D eigenvalue weighted by atomic mass is 10.1. The summed E-state index contributed by atoms with van der Waals surface area (Å²) < 4.78 is 34.0. The minimum atomic E-state index is -3.58. The molecule has 1 heterocycles. The zero-order valence-corrected chi connectivity index (χ0v) is 16.6. The van der Waals surface area contributed by atoms with Gasteiger partial charge in [0.2, 0.25) is 10.0 Å². The van der Waals surface area contributed by atoms with Gasteiger partial charge in [0, 0.05) is 17.1 Å². The van der Waals surface area contributed by atoms with Gasteiger partial charge in [-0.2, -0.15) is 4.31 Å². The van der Waals surface area contributed by atoms with Crippen molar-refractivity contribution in [1.29, 1.82) is 0 Å². The summed E-state index contributed by atoms with van der Waals surface area (Å²) in [5, 5.41) is 3.28. The third-order valence-corrected chi connectivity index (χ3v) is 6.34. The summed E-state index contributed by atoms with van der Waals surface area (Å²) in [5.41, 5.74) is 0. The Bertz CT molecular complexity index is 607. The molecule has 1 aliphatic rings. The van der Waals surface area contributed by atoms with Crippen molar-refractivity contribution < 1.29 is 13.2 Å². The molecule has 1 aromatic carbocycles. The maximum Gasteiger partial charge on any atom is 0.247 e. The first-order chi connectivity index (χ1) is 10.5. The maximum atomic E-state index is 13.2. The van der Waals surface area contributed by atoms with Crippen LogP contribution in [0.25, 0.3) is 0 Å². The van der Waals surface area contributed by atoms with Gasteiger partial charge < -0.3 is 10.1 Å². The van der Waals surface area contributed by atoms with Gasteiger partial charge in [-0.05, 0) is 50.6 Å². The fraction of sp³-hybridized carbons (Fsp3) is 0.600. The molecular weight excluding hydrogens is 404 g/mol. The van der Waals surface area contributed by atoms with Crippen molar-refractivity contribution in [3.05, 3.63) is 22.7 Å². The van der Waals surface area contributed by atoms with Crippen LogP contribution in [0.4, 0.5) is 0 Å². The van der Waals surface area contributed by atoms with E-state index in [1.165, 1.54) is 7.11 Å². The lowest BCUT2D eigenvalue weighted by Gasteiger charge is -2.33. The number of piperidine rings is 1. The predicted octanol–water partition coefficient (Wildman–Crippen LogP) is 3.03. The average molecular weight is 428 g/mol. The van der Waals surface area contributed by atoms with E-state index in [2.05, 4.69) is 21.2 Å². The van der Waals surface area contributed by atoms with E-state index >= 15 is 0 Å². The molecule has 0 spiro atoms. The maximum absolute atomic E-state index is 13.2. The first-order valence-corrected chi connectivity index (χ1v) is 9.80. The summed E-state index contributed by atoms with van der Waals surface area (Å²) in [5.74, 6) is 0.387. The van der Waals surface area contributed by atoms with E-state index in [0.717, 1.165) is 36.8 Å². The summed E-state index contributed by atoms with van der Waals surface area (Å²) in [4.78, 5) is 0.233. The highest BCUT2D eigenvalue weighted by Gasteiger charge is 2.33. The number of rotatable bonds is 6. The van der Waals surface area contributed by atoms with Crippen molar-refractivity contribution >= 4 is 38.4 Å². The third kappa shape index (κ3) is 4.82. The second-order valence-corrected chi connectivity index (χ2v) is 8.17. The largest absolute Gasteiger partial charge is 0.495 e. The molecule has 1 saturated heterocycles. The topological polar surface area (TPSA) is 58.6 Å². The fourth-order valence-corrected chi connectivity index (χ4v) is 5.27. The van der Waals surface area contributed by atoms with Crippen molar-refractivity contribution in [1.82, 2.24) is 9.62 Å². The van der Waals surface area contributed by atoms with E-state index in [0.29, 0.717) is 12.3 Å². The fourth-order valence-electron chi connectivity index (χ4n) is 2.79. The number of nitrogens with one attached hydrogen (secondary N) is 1. The van der Waals surface area contributed by atoms with E-state index in [-0.39, 0.29) is 23.3 Å². The summed E-state index contributed by atoms with van der Waals surface area (Å²) >= 11 is 3.35. The Kier molecular flexibility index (Phi) is 8.30. The molecule has 8 heteroatoms. The van der Waals surface area contributed by atoms with Crippen LogP contribution in [0.15, 0.2) is 27.6 Å². The van der Waals surface area contributed by atoms with Gasteiger partial charge in [0.05, 0.1) is 7.11 Å². The van der Waals surface area contributed by atoms with E-state index in [9.17, 15) is 8.42 Å². The molecule has 0 bridgehead atoms. The highest BCUT2D eigenvalue weighted by molar-refractivity contribution is 9.10. The molecule has 0 radical (unpaired) electrons.